The Bertz CT molecular complexity index is 951. The molecule has 4 rings (SSSR count). The molecule has 0 bridgehead atoms. The summed E-state index contributed by atoms with van der Waals surface area (Å²) in [5, 5.41) is 4.22. The quantitative estimate of drug-likeness (QED) is 0.687. The van der Waals surface area contributed by atoms with E-state index >= 15 is 0 Å². The van der Waals surface area contributed by atoms with E-state index in [1.807, 2.05) is 71.8 Å². The number of carbonyl (C=O) groups excluding carboxylic acids is 2. The second kappa shape index (κ2) is 8.21. The zero-order valence-electron chi connectivity index (χ0n) is 15.7. The SMILES string of the molecule is O=C(Cc1ccccc1)C1CCCN(C(=O)c2cccc(-n3cccn3)c2)C1. The molecule has 0 spiro atoms. The van der Waals surface area contributed by atoms with Crippen LogP contribution in [0, 0.1) is 5.92 Å². The number of hydrogen-bond donors (Lipinski definition) is 0. The third kappa shape index (κ3) is 4.03. The average Bonchev–Trinajstić information content (AvgIpc) is 3.29. The van der Waals surface area contributed by atoms with Gasteiger partial charge in [0.05, 0.1) is 5.69 Å². The van der Waals surface area contributed by atoms with E-state index in [-0.39, 0.29) is 17.6 Å². The summed E-state index contributed by atoms with van der Waals surface area (Å²) in [5.74, 6) is 0.104. The van der Waals surface area contributed by atoms with Crippen LogP contribution >= 0.6 is 0 Å². The highest BCUT2D eigenvalue weighted by molar-refractivity contribution is 5.95. The number of benzene rings is 2. The molecule has 0 N–H and O–H groups in total. The first-order valence-electron chi connectivity index (χ1n) is 9.67. The van der Waals surface area contributed by atoms with Crippen LogP contribution in [0.3, 0.4) is 0 Å². The van der Waals surface area contributed by atoms with Crippen LogP contribution in [-0.2, 0) is 11.2 Å². The molecule has 28 heavy (non-hydrogen) atoms. The second-order valence-electron chi connectivity index (χ2n) is 7.22. The molecule has 1 aliphatic heterocycles. The van der Waals surface area contributed by atoms with Gasteiger partial charge in [-0.25, -0.2) is 4.68 Å². The first-order valence-corrected chi connectivity index (χ1v) is 9.67. The Morgan fingerprint density at radius 3 is 2.68 bits per heavy atom. The Kier molecular flexibility index (Phi) is 5.33. The number of likely N-dealkylation sites (tertiary alicyclic amines) is 1. The molecule has 5 heteroatoms. The fraction of sp³-hybridized carbons (Fsp3) is 0.261. The van der Waals surface area contributed by atoms with Crippen molar-refractivity contribution in [3.8, 4) is 5.69 Å². The molecular weight excluding hydrogens is 350 g/mol. The fourth-order valence-corrected chi connectivity index (χ4v) is 3.75. The summed E-state index contributed by atoms with van der Waals surface area (Å²) < 4.78 is 1.74. The summed E-state index contributed by atoms with van der Waals surface area (Å²) in [6, 6.07) is 19.1. The van der Waals surface area contributed by atoms with E-state index in [1.165, 1.54) is 0 Å². The molecule has 2 heterocycles. The molecule has 1 aromatic heterocycles. The van der Waals surface area contributed by atoms with Crippen molar-refractivity contribution < 1.29 is 9.59 Å². The topological polar surface area (TPSA) is 55.2 Å². The first kappa shape index (κ1) is 18.2. The number of aromatic nitrogens is 2. The molecule has 5 nitrogen and oxygen atoms in total. The van der Waals surface area contributed by atoms with Gasteiger partial charge in [0.1, 0.15) is 5.78 Å². The minimum atomic E-state index is -0.0906. The van der Waals surface area contributed by atoms with Gasteiger partial charge in [-0.05, 0) is 42.7 Å². The third-order valence-electron chi connectivity index (χ3n) is 5.25. The van der Waals surface area contributed by atoms with Gasteiger partial charge in [0.25, 0.3) is 5.91 Å². The van der Waals surface area contributed by atoms with Crippen LogP contribution in [0.25, 0.3) is 5.69 Å². The third-order valence-corrected chi connectivity index (χ3v) is 5.25. The zero-order chi connectivity index (χ0) is 19.3. The fourth-order valence-electron chi connectivity index (χ4n) is 3.75. The molecule has 142 valence electrons. The predicted octanol–water partition coefficient (Wildman–Crippen LogP) is 3.54. The molecule has 1 aliphatic rings. The van der Waals surface area contributed by atoms with Gasteiger partial charge in [0.2, 0.25) is 0 Å². The number of carbonyl (C=O) groups is 2. The number of rotatable bonds is 5. The van der Waals surface area contributed by atoms with E-state index in [0.717, 1.165) is 24.1 Å². The van der Waals surface area contributed by atoms with E-state index < -0.39 is 0 Å². The van der Waals surface area contributed by atoms with Crippen molar-refractivity contribution in [2.45, 2.75) is 19.3 Å². The summed E-state index contributed by atoms with van der Waals surface area (Å²) in [4.78, 5) is 27.6. The number of ketones is 1. The summed E-state index contributed by atoms with van der Waals surface area (Å²) in [6.45, 7) is 1.19. The lowest BCUT2D eigenvalue weighted by Crippen LogP contribution is -2.42. The average molecular weight is 373 g/mol. The lowest BCUT2D eigenvalue weighted by Gasteiger charge is -2.32. The van der Waals surface area contributed by atoms with Gasteiger partial charge < -0.3 is 4.90 Å². The summed E-state index contributed by atoms with van der Waals surface area (Å²) >= 11 is 0. The Morgan fingerprint density at radius 2 is 1.89 bits per heavy atom. The summed E-state index contributed by atoms with van der Waals surface area (Å²) in [6.07, 6.45) is 5.70. The van der Waals surface area contributed by atoms with Crippen molar-refractivity contribution in [3.05, 3.63) is 84.2 Å². The van der Waals surface area contributed by atoms with Crippen molar-refractivity contribution in [3.63, 3.8) is 0 Å². The Labute approximate surface area is 164 Å². The Morgan fingerprint density at radius 1 is 1.04 bits per heavy atom. The molecule has 1 atom stereocenters. The van der Waals surface area contributed by atoms with Crippen molar-refractivity contribution in [2.75, 3.05) is 13.1 Å². The van der Waals surface area contributed by atoms with E-state index in [4.69, 9.17) is 0 Å². The highest BCUT2D eigenvalue weighted by atomic mass is 16.2. The van der Waals surface area contributed by atoms with E-state index in [1.54, 1.807) is 10.9 Å². The molecule has 1 unspecified atom stereocenters. The Balaban J connectivity index is 1.45. The van der Waals surface area contributed by atoms with Crippen molar-refractivity contribution in [1.82, 2.24) is 14.7 Å². The molecule has 0 radical (unpaired) electrons. The molecule has 1 fully saturated rings. The standard InChI is InChI=1S/C23H23N3O2/c27-22(15-18-7-2-1-3-8-18)20-10-5-13-25(17-20)23(28)19-9-4-11-21(16-19)26-14-6-12-24-26/h1-4,6-9,11-12,14,16,20H,5,10,13,15,17H2. The van der Waals surface area contributed by atoms with Gasteiger partial charge in [0, 0.05) is 43.4 Å². The molecule has 1 amide bonds. The van der Waals surface area contributed by atoms with Crippen LogP contribution in [0.1, 0.15) is 28.8 Å². The van der Waals surface area contributed by atoms with Gasteiger partial charge in [-0.2, -0.15) is 5.10 Å². The highest BCUT2D eigenvalue weighted by Crippen LogP contribution is 2.22. The lowest BCUT2D eigenvalue weighted by molar-refractivity contribution is -0.123. The van der Waals surface area contributed by atoms with Gasteiger partial charge in [-0.3, -0.25) is 9.59 Å². The number of hydrogen-bond acceptors (Lipinski definition) is 3. The Hall–Kier alpha value is -3.21. The highest BCUT2D eigenvalue weighted by Gasteiger charge is 2.28. The van der Waals surface area contributed by atoms with Crippen LogP contribution < -0.4 is 0 Å². The molecule has 0 aliphatic carbocycles. The predicted molar refractivity (Wildman–Crippen MR) is 107 cm³/mol. The monoisotopic (exact) mass is 373 g/mol. The second-order valence-corrected chi connectivity index (χ2v) is 7.22. The number of amides is 1. The van der Waals surface area contributed by atoms with Crippen LogP contribution in [-0.4, -0.2) is 39.5 Å². The minimum Gasteiger partial charge on any atom is -0.338 e. The molecule has 3 aromatic rings. The smallest absolute Gasteiger partial charge is 0.253 e. The van der Waals surface area contributed by atoms with Crippen LogP contribution in [0.15, 0.2) is 73.1 Å². The van der Waals surface area contributed by atoms with Crippen molar-refractivity contribution in [1.29, 1.82) is 0 Å². The lowest BCUT2D eigenvalue weighted by atomic mass is 9.90. The number of piperidine rings is 1. The van der Waals surface area contributed by atoms with Gasteiger partial charge >= 0.3 is 0 Å². The maximum atomic E-state index is 13.0. The largest absolute Gasteiger partial charge is 0.338 e. The van der Waals surface area contributed by atoms with E-state index in [2.05, 4.69) is 5.10 Å². The van der Waals surface area contributed by atoms with E-state index in [9.17, 15) is 9.59 Å². The maximum Gasteiger partial charge on any atom is 0.253 e. The van der Waals surface area contributed by atoms with Crippen molar-refractivity contribution in [2.24, 2.45) is 5.92 Å². The van der Waals surface area contributed by atoms with Gasteiger partial charge in [-0.15, -0.1) is 0 Å². The zero-order valence-corrected chi connectivity index (χ0v) is 15.7. The van der Waals surface area contributed by atoms with Crippen LogP contribution in [0.4, 0.5) is 0 Å². The van der Waals surface area contributed by atoms with E-state index in [0.29, 0.717) is 25.1 Å². The molecule has 2 aromatic carbocycles. The minimum absolute atomic E-state index is 0.0220. The number of nitrogens with zero attached hydrogens (tertiary/aromatic N) is 3. The molecule has 0 saturated carbocycles. The normalized spacial score (nSPS) is 16.7. The van der Waals surface area contributed by atoms with Crippen molar-refractivity contribution >= 4 is 11.7 Å². The van der Waals surface area contributed by atoms with Gasteiger partial charge in [0.15, 0.2) is 0 Å². The van der Waals surface area contributed by atoms with Gasteiger partial charge in [-0.1, -0.05) is 36.4 Å². The molecule has 1 saturated heterocycles. The van der Waals surface area contributed by atoms with Crippen LogP contribution in [0.2, 0.25) is 0 Å². The first-order chi connectivity index (χ1) is 13.7. The molecular formula is C23H23N3O2. The summed E-state index contributed by atoms with van der Waals surface area (Å²) in [7, 11) is 0. The van der Waals surface area contributed by atoms with Crippen LogP contribution in [0.5, 0.6) is 0 Å². The maximum absolute atomic E-state index is 13.0. The number of Topliss-reactive ketones (excluding diaryl/α,β-unsaturated/α-hetero) is 1. The summed E-state index contributed by atoms with van der Waals surface area (Å²) in [5.41, 5.74) is 2.51.